The molecule has 0 radical (unpaired) electrons. The molecule has 0 aromatic heterocycles. The zero-order chi connectivity index (χ0) is 10.4. The summed E-state index contributed by atoms with van der Waals surface area (Å²) < 4.78 is 0. The summed E-state index contributed by atoms with van der Waals surface area (Å²) in [4.78, 5) is 0. The van der Waals surface area contributed by atoms with E-state index in [1.807, 2.05) is 0 Å². The van der Waals surface area contributed by atoms with Crippen LogP contribution in [0.5, 0.6) is 0 Å². The van der Waals surface area contributed by atoms with Gasteiger partial charge in [-0.3, -0.25) is 0 Å². The van der Waals surface area contributed by atoms with E-state index in [0.717, 1.165) is 6.42 Å². The molecule has 0 N–H and O–H groups in total. The number of rotatable bonds is 0. The molecule has 0 unspecified atom stereocenters. The van der Waals surface area contributed by atoms with Crippen LogP contribution in [0, 0.1) is 6.92 Å². The maximum Gasteiger partial charge on any atom is -0.00602 e. The second kappa shape index (κ2) is 2.96. The van der Waals surface area contributed by atoms with Gasteiger partial charge in [0, 0.05) is 0 Å². The van der Waals surface area contributed by atoms with Crippen molar-refractivity contribution < 1.29 is 0 Å². The Bertz CT molecular complexity index is 574. The Kier molecular flexibility index (Phi) is 1.72. The smallest absolute Gasteiger partial charge is 0.00602 e. The quantitative estimate of drug-likeness (QED) is 0.592. The van der Waals surface area contributed by atoms with Gasteiger partial charge in [-0.25, -0.2) is 0 Å². The van der Waals surface area contributed by atoms with Crippen molar-refractivity contribution >= 4 is 16.8 Å². The average molecular weight is 194 g/mol. The monoisotopic (exact) mass is 194 g/mol. The minimum Gasteiger partial charge on any atom is -0.0683 e. The minimum atomic E-state index is 1.10. The van der Waals surface area contributed by atoms with E-state index >= 15 is 0 Å². The van der Waals surface area contributed by atoms with Crippen LogP contribution in [-0.4, -0.2) is 0 Å². The Morgan fingerprint density at radius 2 is 1.87 bits per heavy atom. The van der Waals surface area contributed by atoms with Crippen molar-refractivity contribution in [2.45, 2.75) is 20.3 Å². The van der Waals surface area contributed by atoms with Gasteiger partial charge in [-0.1, -0.05) is 42.0 Å². The van der Waals surface area contributed by atoms with Crippen LogP contribution >= 0.6 is 0 Å². The highest BCUT2D eigenvalue weighted by molar-refractivity contribution is 5.97. The van der Waals surface area contributed by atoms with Crippen molar-refractivity contribution in [1.29, 1.82) is 0 Å². The Hall–Kier alpha value is -1.56. The molecule has 0 saturated heterocycles. The predicted molar refractivity (Wildman–Crippen MR) is 66.0 cm³/mol. The van der Waals surface area contributed by atoms with Gasteiger partial charge in [-0.05, 0) is 47.7 Å². The van der Waals surface area contributed by atoms with E-state index < -0.39 is 0 Å². The van der Waals surface area contributed by atoms with Crippen molar-refractivity contribution in [3.05, 3.63) is 52.6 Å². The second-order valence-electron chi connectivity index (χ2n) is 4.48. The molecule has 0 heteroatoms. The lowest BCUT2D eigenvalue weighted by Gasteiger charge is -2.16. The number of hydrogen-bond donors (Lipinski definition) is 0. The standard InChI is InChI=1S/C15H14/c1-10-8-12-4-3-5-14-11(2)6-7-13(9-10)15(12)14/h3-7,9H,8H2,1-2H3. The zero-order valence-electron chi connectivity index (χ0n) is 9.17. The third-order valence-electron chi connectivity index (χ3n) is 3.25. The van der Waals surface area contributed by atoms with Gasteiger partial charge in [0.15, 0.2) is 0 Å². The van der Waals surface area contributed by atoms with Gasteiger partial charge in [0.2, 0.25) is 0 Å². The Labute approximate surface area is 90.2 Å². The van der Waals surface area contributed by atoms with Crippen LogP contribution in [0.3, 0.4) is 0 Å². The van der Waals surface area contributed by atoms with Crippen LogP contribution < -0.4 is 0 Å². The van der Waals surface area contributed by atoms with Crippen molar-refractivity contribution in [3.63, 3.8) is 0 Å². The molecule has 0 bridgehead atoms. The molecule has 0 saturated carbocycles. The van der Waals surface area contributed by atoms with Gasteiger partial charge >= 0.3 is 0 Å². The zero-order valence-corrected chi connectivity index (χ0v) is 9.17. The minimum absolute atomic E-state index is 1.10. The summed E-state index contributed by atoms with van der Waals surface area (Å²) >= 11 is 0. The Morgan fingerprint density at radius 1 is 1.00 bits per heavy atom. The molecule has 3 rings (SSSR count). The van der Waals surface area contributed by atoms with Crippen LogP contribution in [0.4, 0.5) is 0 Å². The Balaban J connectivity index is 2.51. The molecule has 2 aromatic rings. The molecule has 1 aliphatic rings. The van der Waals surface area contributed by atoms with Crippen molar-refractivity contribution in [3.8, 4) is 0 Å². The largest absolute Gasteiger partial charge is 0.0683 e. The fraction of sp³-hybridized carbons (Fsp3) is 0.200. The Morgan fingerprint density at radius 3 is 2.73 bits per heavy atom. The second-order valence-corrected chi connectivity index (χ2v) is 4.48. The summed E-state index contributed by atoms with van der Waals surface area (Å²) in [6, 6.07) is 11.1. The number of hydrogen-bond acceptors (Lipinski definition) is 0. The molecule has 0 fully saturated rings. The third kappa shape index (κ3) is 1.21. The van der Waals surface area contributed by atoms with E-state index in [-0.39, 0.29) is 0 Å². The van der Waals surface area contributed by atoms with Gasteiger partial charge in [0.1, 0.15) is 0 Å². The van der Waals surface area contributed by atoms with Crippen molar-refractivity contribution in [1.82, 2.24) is 0 Å². The molecule has 2 aromatic carbocycles. The lowest BCUT2D eigenvalue weighted by Crippen LogP contribution is -1.97. The van der Waals surface area contributed by atoms with Crippen LogP contribution in [0.2, 0.25) is 0 Å². The SMILES string of the molecule is CC1=Cc2ccc(C)c3cccc(c23)C1. The molecule has 15 heavy (non-hydrogen) atoms. The molecule has 1 aliphatic carbocycles. The van der Waals surface area contributed by atoms with Crippen LogP contribution in [0.1, 0.15) is 23.6 Å². The van der Waals surface area contributed by atoms with Gasteiger partial charge in [-0.2, -0.15) is 0 Å². The fourth-order valence-electron chi connectivity index (χ4n) is 2.54. The summed E-state index contributed by atoms with van der Waals surface area (Å²) in [5.74, 6) is 0. The maximum atomic E-state index is 2.31. The summed E-state index contributed by atoms with van der Waals surface area (Å²) in [6.45, 7) is 4.40. The highest BCUT2D eigenvalue weighted by Crippen LogP contribution is 2.32. The first-order valence-electron chi connectivity index (χ1n) is 5.44. The molecule has 0 nitrogen and oxygen atoms in total. The van der Waals surface area contributed by atoms with E-state index in [4.69, 9.17) is 0 Å². The van der Waals surface area contributed by atoms with Crippen LogP contribution in [0.15, 0.2) is 35.9 Å². The van der Waals surface area contributed by atoms with Crippen LogP contribution in [0.25, 0.3) is 16.8 Å². The first-order valence-corrected chi connectivity index (χ1v) is 5.44. The molecular weight excluding hydrogens is 180 g/mol. The van der Waals surface area contributed by atoms with E-state index in [0.29, 0.717) is 0 Å². The number of aryl methyl sites for hydroxylation is 1. The van der Waals surface area contributed by atoms with E-state index in [9.17, 15) is 0 Å². The van der Waals surface area contributed by atoms with E-state index in [1.54, 1.807) is 0 Å². The molecule has 0 atom stereocenters. The van der Waals surface area contributed by atoms with Gasteiger partial charge in [0.05, 0.1) is 0 Å². The normalized spacial score (nSPS) is 14.1. The summed E-state index contributed by atoms with van der Waals surface area (Å²) in [6.07, 6.45) is 3.42. The maximum absolute atomic E-state index is 2.31. The number of allylic oxidation sites excluding steroid dienone is 1. The lowest BCUT2D eigenvalue weighted by molar-refractivity contribution is 1.16. The number of benzene rings is 2. The van der Waals surface area contributed by atoms with E-state index in [1.165, 1.54) is 33.0 Å². The molecule has 0 aliphatic heterocycles. The molecule has 0 amide bonds. The van der Waals surface area contributed by atoms with E-state index in [2.05, 4.69) is 50.3 Å². The lowest BCUT2D eigenvalue weighted by atomic mass is 9.88. The molecular formula is C15H14. The molecule has 0 heterocycles. The molecule has 74 valence electrons. The molecule has 0 spiro atoms. The van der Waals surface area contributed by atoms with Gasteiger partial charge in [-0.15, -0.1) is 0 Å². The first-order chi connectivity index (χ1) is 7.25. The summed E-state index contributed by atoms with van der Waals surface area (Å²) in [7, 11) is 0. The fourth-order valence-corrected chi connectivity index (χ4v) is 2.54. The van der Waals surface area contributed by atoms with Crippen molar-refractivity contribution in [2.24, 2.45) is 0 Å². The first kappa shape index (κ1) is 8.72. The predicted octanol–water partition coefficient (Wildman–Crippen LogP) is 4.11. The third-order valence-corrected chi connectivity index (χ3v) is 3.25. The topological polar surface area (TPSA) is 0 Å². The van der Waals surface area contributed by atoms with Crippen LogP contribution in [-0.2, 0) is 6.42 Å². The highest BCUT2D eigenvalue weighted by Gasteiger charge is 2.11. The van der Waals surface area contributed by atoms with Crippen molar-refractivity contribution in [2.75, 3.05) is 0 Å². The van der Waals surface area contributed by atoms with Gasteiger partial charge in [0.25, 0.3) is 0 Å². The summed E-state index contributed by atoms with van der Waals surface area (Å²) in [5, 5.41) is 2.87. The highest BCUT2D eigenvalue weighted by atomic mass is 14.2. The van der Waals surface area contributed by atoms with Gasteiger partial charge < -0.3 is 0 Å². The average Bonchev–Trinajstić information content (AvgIpc) is 2.23. The summed E-state index contributed by atoms with van der Waals surface area (Å²) in [5.41, 5.74) is 5.70.